The Kier molecular flexibility index (Phi) is 4.78. The molecule has 1 atom stereocenters. The highest BCUT2D eigenvalue weighted by Crippen LogP contribution is 2.36. The van der Waals surface area contributed by atoms with Crippen LogP contribution in [0.3, 0.4) is 0 Å². The fraction of sp³-hybridized carbons (Fsp3) is 0.185. The maximum absolute atomic E-state index is 5.65. The van der Waals surface area contributed by atoms with E-state index in [-0.39, 0.29) is 6.04 Å². The van der Waals surface area contributed by atoms with E-state index in [2.05, 4.69) is 49.9 Å². The van der Waals surface area contributed by atoms with Gasteiger partial charge >= 0.3 is 0 Å². The first-order chi connectivity index (χ1) is 17.3. The van der Waals surface area contributed by atoms with E-state index < -0.39 is 0 Å². The van der Waals surface area contributed by atoms with Gasteiger partial charge in [0.25, 0.3) is 0 Å². The Morgan fingerprint density at radius 3 is 2.86 bits per heavy atom. The summed E-state index contributed by atoms with van der Waals surface area (Å²) in [7, 11) is 0. The third kappa shape index (κ3) is 3.46. The summed E-state index contributed by atoms with van der Waals surface area (Å²) in [5, 5.41) is 10.2. The van der Waals surface area contributed by atoms with Crippen LogP contribution in [-0.4, -0.2) is 57.3 Å². The molecule has 0 radical (unpaired) electrons. The average Bonchev–Trinajstić information content (AvgIpc) is 3.26. The fourth-order valence-electron chi connectivity index (χ4n) is 4.85. The van der Waals surface area contributed by atoms with Crippen molar-refractivity contribution in [1.29, 1.82) is 0 Å². The Morgan fingerprint density at radius 2 is 2.00 bits per heavy atom. The van der Waals surface area contributed by atoms with Gasteiger partial charge in [0.1, 0.15) is 11.5 Å². The number of allylic oxidation sites excluding steroid dienone is 4. The lowest BCUT2D eigenvalue weighted by Crippen LogP contribution is -2.45. The van der Waals surface area contributed by atoms with Crippen LogP contribution in [0.2, 0.25) is 0 Å². The van der Waals surface area contributed by atoms with E-state index in [0.717, 1.165) is 68.5 Å². The number of aromatic amines is 1. The average molecular weight is 462 g/mol. The van der Waals surface area contributed by atoms with E-state index in [0.29, 0.717) is 19.0 Å². The molecule has 7 rings (SSSR count). The smallest absolute Gasteiger partial charge is 0.163 e. The summed E-state index contributed by atoms with van der Waals surface area (Å²) in [6.07, 6.45) is 11.7. The molecule has 1 aliphatic heterocycles. The molecular weight excluding hydrogens is 438 g/mol. The highest BCUT2D eigenvalue weighted by Gasteiger charge is 2.20. The molecule has 35 heavy (non-hydrogen) atoms. The van der Waals surface area contributed by atoms with Crippen molar-refractivity contribution >= 4 is 44.2 Å². The van der Waals surface area contributed by atoms with Crippen molar-refractivity contribution in [1.82, 2.24) is 30.2 Å². The second kappa shape index (κ2) is 8.26. The minimum absolute atomic E-state index is 0.214. The summed E-state index contributed by atoms with van der Waals surface area (Å²) in [6, 6.07) is 10.4. The fourth-order valence-corrected chi connectivity index (χ4v) is 4.85. The highest BCUT2D eigenvalue weighted by molar-refractivity contribution is 6.12. The quantitative estimate of drug-likeness (QED) is 0.363. The summed E-state index contributed by atoms with van der Waals surface area (Å²) in [5.74, 6) is 1.43. The monoisotopic (exact) mass is 461 g/mol. The third-order valence-electron chi connectivity index (χ3n) is 6.63. The van der Waals surface area contributed by atoms with Crippen molar-refractivity contribution in [3.8, 4) is 11.4 Å². The molecule has 1 fully saturated rings. The Labute approximate surface area is 201 Å². The van der Waals surface area contributed by atoms with Crippen molar-refractivity contribution < 1.29 is 4.74 Å². The zero-order valence-electron chi connectivity index (χ0n) is 19.0. The summed E-state index contributed by atoms with van der Waals surface area (Å²) in [6.45, 7) is 2.97. The molecule has 0 amide bonds. The molecule has 0 saturated carbocycles. The molecule has 5 aromatic rings. The molecule has 172 valence electrons. The number of nitrogens with zero attached hydrogens (tertiary/aromatic N) is 4. The van der Waals surface area contributed by atoms with Gasteiger partial charge < -0.3 is 20.4 Å². The number of hydrogen-bond donors (Lipinski definition) is 3. The number of morpholine rings is 1. The maximum Gasteiger partial charge on any atom is 0.163 e. The molecule has 2 aliphatic rings. The van der Waals surface area contributed by atoms with Crippen LogP contribution >= 0.6 is 0 Å². The predicted molar refractivity (Wildman–Crippen MR) is 138 cm³/mol. The molecule has 4 aromatic heterocycles. The molecule has 0 bridgehead atoms. The summed E-state index contributed by atoms with van der Waals surface area (Å²) < 4.78 is 5.65. The van der Waals surface area contributed by atoms with Gasteiger partial charge in [-0.2, -0.15) is 0 Å². The number of pyridine rings is 2. The Bertz CT molecular complexity index is 1650. The van der Waals surface area contributed by atoms with E-state index in [1.54, 1.807) is 6.20 Å². The largest absolute Gasteiger partial charge is 0.378 e. The molecule has 3 N–H and O–H groups in total. The first-order valence-corrected chi connectivity index (χ1v) is 11.8. The maximum atomic E-state index is 5.65. The van der Waals surface area contributed by atoms with Crippen molar-refractivity contribution in [2.24, 2.45) is 0 Å². The first kappa shape index (κ1) is 20.3. The number of ether oxygens (including phenoxy) is 1. The molecule has 1 aromatic carbocycles. The van der Waals surface area contributed by atoms with E-state index in [4.69, 9.17) is 14.7 Å². The molecule has 5 heterocycles. The van der Waals surface area contributed by atoms with Gasteiger partial charge in [-0.25, -0.2) is 15.0 Å². The number of nitrogens with one attached hydrogen (secondary N) is 3. The predicted octanol–water partition coefficient (Wildman–Crippen LogP) is 4.07. The number of fused-ring (bicyclic) bond motifs is 4. The van der Waals surface area contributed by atoms with E-state index in [1.807, 2.05) is 36.7 Å². The normalized spacial score (nSPS) is 17.6. The molecule has 0 spiro atoms. The zero-order valence-corrected chi connectivity index (χ0v) is 19.0. The summed E-state index contributed by atoms with van der Waals surface area (Å²) in [4.78, 5) is 22.6. The Balaban J connectivity index is 1.41. The third-order valence-corrected chi connectivity index (χ3v) is 6.63. The van der Waals surface area contributed by atoms with Gasteiger partial charge in [0, 0.05) is 58.9 Å². The number of hydrogen-bond acceptors (Lipinski definition) is 7. The van der Waals surface area contributed by atoms with Gasteiger partial charge in [-0.3, -0.25) is 4.98 Å². The van der Waals surface area contributed by atoms with Crippen LogP contribution in [0.4, 0.5) is 5.82 Å². The Morgan fingerprint density at radius 1 is 1.06 bits per heavy atom. The number of H-pyrrole nitrogens is 1. The molecular formula is C27H23N7O. The summed E-state index contributed by atoms with van der Waals surface area (Å²) >= 11 is 0. The first-order valence-electron chi connectivity index (χ1n) is 11.8. The highest BCUT2D eigenvalue weighted by atomic mass is 16.5. The lowest BCUT2D eigenvalue weighted by Gasteiger charge is -2.24. The molecule has 1 aliphatic carbocycles. The van der Waals surface area contributed by atoms with Crippen LogP contribution in [0.15, 0.2) is 67.2 Å². The van der Waals surface area contributed by atoms with E-state index >= 15 is 0 Å². The van der Waals surface area contributed by atoms with Gasteiger partial charge in [0.15, 0.2) is 5.82 Å². The van der Waals surface area contributed by atoms with Crippen molar-refractivity contribution in [2.45, 2.75) is 6.04 Å². The lowest BCUT2D eigenvalue weighted by molar-refractivity contribution is 0.0806. The van der Waals surface area contributed by atoms with Gasteiger partial charge in [0.2, 0.25) is 0 Å². The number of anilines is 1. The minimum atomic E-state index is 0.214. The van der Waals surface area contributed by atoms with Gasteiger partial charge in [-0.1, -0.05) is 36.4 Å². The van der Waals surface area contributed by atoms with Gasteiger partial charge in [0.05, 0.1) is 30.3 Å². The zero-order chi connectivity index (χ0) is 23.2. The summed E-state index contributed by atoms with van der Waals surface area (Å²) in [5.41, 5.74) is 5.75. The van der Waals surface area contributed by atoms with E-state index in [1.165, 1.54) is 0 Å². The van der Waals surface area contributed by atoms with Crippen LogP contribution < -0.4 is 10.6 Å². The standard InChI is InChI=1S/C27H23N7O/c1-2-7-21-18(6-1)23-19(8-9-30-26(23)32-21)25-33-22-14-28-13-20(16-4-3-5-16)24(22)27(34-25)31-12-17-15-35-11-10-29-17/h1-9,13-14,17,29H,10-12,15H2,(H,30,32)(H,31,33,34). The molecule has 1 unspecified atom stereocenters. The molecule has 1 saturated heterocycles. The van der Waals surface area contributed by atoms with Crippen molar-refractivity contribution in [3.63, 3.8) is 0 Å². The van der Waals surface area contributed by atoms with E-state index in [9.17, 15) is 0 Å². The minimum Gasteiger partial charge on any atom is -0.378 e. The van der Waals surface area contributed by atoms with Crippen LogP contribution in [0.25, 0.3) is 49.8 Å². The number of para-hydroxylation sites is 1. The topological polar surface area (TPSA) is 101 Å². The number of rotatable bonds is 5. The van der Waals surface area contributed by atoms with Gasteiger partial charge in [-0.05, 0) is 17.7 Å². The van der Waals surface area contributed by atoms with Crippen molar-refractivity contribution in [2.75, 3.05) is 31.6 Å². The van der Waals surface area contributed by atoms with Crippen molar-refractivity contribution in [3.05, 3.63) is 72.7 Å². The molecule has 8 heteroatoms. The van der Waals surface area contributed by atoms with Crippen LogP contribution in [0.5, 0.6) is 0 Å². The van der Waals surface area contributed by atoms with Crippen LogP contribution in [0, 0.1) is 0 Å². The lowest BCUT2D eigenvalue weighted by atomic mass is 9.97. The second-order valence-electron chi connectivity index (χ2n) is 8.82. The van der Waals surface area contributed by atoms with Crippen LogP contribution in [0.1, 0.15) is 5.56 Å². The number of aromatic nitrogens is 5. The SMILES string of the molecule is C1=CC(c2cncc3nc(-c4ccnc5[nH]c6ccccc6c45)nc(NCC4COCCN4)c23)=C1. The second-order valence-corrected chi connectivity index (χ2v) is 8.82. The molecule has 8 nitrogen and oxygen atoms in total. The van der Waals surface area contributed by atoms with Gasteiger partial charge in [-0.15, -0.1) is 0 Å². The van der Waals surface area contributed by atoms with Crippen LogP contribution in [-0.2, 0) is 4.74 Å². The number of benzene rings is 1. The Hall–Kier alpha value is -4.14.